The van der Waals surface area contributed by atoms with Crippen LogP contribution >= 0.6 is 0 Å². The standard InChI is InChI=1S/C13H17NO4S/c1-9-3-4-12(10(2)5-9)19(17,18)14-7-11(8-14)6-13(15)16/h3-5,11H,6-8H2,1-2H3,(H,15,16). The van der Waals surface area contributed by atoms with Crippen molar-refractivity contribution in [3.05, 3.63) is 29.3 Å². The fourth-order valence-corrected chi connectivity index (χ4v) is 4.12. The van der Waals surface area contributed by atoms with Crippen LogP contribution in [0, 0.1) is 19.8 Å². The summed E-state index contributed by atoms with van der Waals surface area (Å²) < 4.78 is 26.1. The minimum atomic E-state index is -3.48. The van der Waals surface area contributed by atoms with E-state index in [4.69, 9.17) is 5.11 Å². The van der Waals surface area contributed by atoms with E-state index in [9.17, 15) is 13.2 Å². The Morgan fingerprint density at radius 1 is 1.37 bits per heavy atom. The molecule has 1 aromatic carbocycles. The zero-order chi connectivity index (χ0) is 14.2. The van der Waals surface area contributed by atoms with Gasteiger partial charge in [-0.25, -0.2) is 8.42 Å². The highest BCUT2D eigenvalue weighted by atomic mass is 32.2. The van der Waals surface area contributed by atoms with Gasteiger partial charge in [0, 0.05) is 13.1 Å². The summed E-state index contributed by atoms with van der Waals surface area (Å²) in [4.78, 5) is 10.9. The number of carbonyl (C=O) groups is 1. The molecule has 0 aliphatic carbocycles. The minimum absolute atomic E-state index is 0.0267. The Morgan fingerprint density at radius 3 is 2.53 bits per heavy atom. The van der Waals surface area contributed by atoms with Crippen LogP contribution in [0.3, 0.4) is 0 Å². The molecule has 0 bridgehead atoms. The van der Waals surface area contributed by atoms with Crippen molar-refractivity contribution >= 4 is 16.0 Å². The highest BCUT2D eigenvalue weighted by Crippen LogP contribution is 2.28. The Labute approximate surface area is 112 Å². The third-order valence-electron chi connectivity index (χ3n) is 3.34. The van der Waals surface area contributed by atoms with E-state index < -0.39 is 16.0 Å². The number of hydrogen-bond donors (Lipinski definition) is 1. The minimum Gasteiger partial charge on any atom is -0.481 e. The van der Waals surface area contributed by atoms with Crippen LogP contribution in [0.1, 0.15) is 17.5 Å². The summed E-state index contributed by atoms with van der Waals surface area (Å²) in [6.07, 6.45) is 0.0267. The second kappa shape index (κ2) is 4.94. The highest BCUT2D eigenvalue weighted by Gasteiger charge is 2.38. The van der Waals surface area contributed by atoms with Crippen molar-refractivity contribution in [1.29, 1.82) is 0 Å². The number of aliphatic carboxylic acids is 1. The van der Waals surface area contributed by atoms with E-state index in [-0.39, 0.29) is 12.3 Å². The Bertz CT molecular complexity index is 603. The van der Waals surface area contributed by atoms with Gasteiger partial charge < -0.3 is 5.11 Å². The van der Waals surface area contributed by atoms with Crippen molar-refractivity contribution in [1.82, 2.24) is 4.31 Å². The molecule has 0 atom stereocenters. The van der Waals surface area contributed by atoms with Crippen LogP contribution in [-0.4, -0.2) is 36.9 Å². The molecule has 1 fully saturated rings. The third kappa shape index (κ3) is 2.79. The molecule has 2 rings (SSSR count). The first-order valence-electron chi connectivity index (χ1n) is 6.10. The van der Waals surface area contributed by atoms with E-state index in [1.807, 2.05) is 13.0 Å². The number of carboxylic acids is 1. The van der Waals surface area contributed by atoms with E-state index in [1.165, 1.54) is 4.31 Å². The topological polar surface area (TPSA) is 74.7 Å². The maximum absolute atomic E-state index is 12.4. The Hall–Kier alpha value is -1.40. The van der Waals surface area contributed by atoms with Crippen LogP contribution < -0.4 is 0 Å². The second-order valence-corrected chi connectivity index (χ2v) is 6.96. The molecule has 0 radical (unpaired) electrons. The fraction of sp³-hybridized carbons (Fsp3) is 0.462. The largest absolute Gasteiger partial charge is 0.481 e. The maximum atomic E-state index is 12.4. The molecule has 1 aliphatic heterocycles. The predicted octanol–water partition coefficient (Wildman–Crippen LogP) is 1.40. The number of sulfonamides is 1. The van der Waals surface area contributed by atoms with Crippen molar-refractivity contribution in [2.45, 2.75) is 25.2 Å². The Morgan fingerprint density at radius 2 is 2.00 bits per heavy atom. The van der Waals surface area contributed by atoms with E-state index in [1.54, 1.807) is 19.1 Å². The van der Waals surface area contributed by atoms with Gasteiger partial charge >= 0.3 is 5.97 Å². The molecule has 0 spiro atoms. The lowest BCUT2D eigenvalue weighted by atomic mass is 10.00. The Kier molecular flexibility index (Phi) is 3.64. The summed E-state index contributed by atoms with van der Waals surface area (Å²) >= 11 is 0. The molecule has 6 heteroatoms. The van der Waals surface area contributed by atoms with Crippen molar-refractivity contribution in [2.75, 3.05) is 13.1 Å². The van der Waals surface area contributed by atoms with Gasteiger partial charge in [0.25, 0.3) is 0 Å². The van der Waals surface area contributed by atoms with Crippen LogP contribution in [0.4, 0.5) is 0 Å². The first kappa shape index (κ1) is 14.0. The maximum Gasteiger partial charge on any atom is 0.303 e. The molecule has 1 aromatic rings. The van der Waals surface area contributed by atoms with E-state index in [0.717, 1.165) is 11.1 Å². The first-order chi connectivity index (χ1) is 8.80. The van der Waals surface area contributed by atoms with Crippen LogP contribution in [0.25, 0.3) is 0 Å². The quantitative estimate of drug-likeness (QED) is 0.906. The number of hydrogen-bond acceptors (Lipinski definition) is 3. The molecule has 1 N–H and O–H groups in total. The zero-order valence-electron chi connectivity index (χ0n) is 11.0. The zero-order valence-corrected chi connectivity index (χ0v) is 11.8. The number of benzene rings is 1. The van der Waals surface area contributed by atoms with Crippen molar-refractivity contribution in [3.63, 3.8) is 0 Å². The molecule has 1 heterocycles. The van der Waals surface area contributed by atoms with Gasteiger partial charge in [-0.15, -0.1) is 0 Å². The van der Waals surface area contributed by atoms with Crippen LogP contribution in [-0.2, 0) is 14.8 Å². The summed E-state index contributed by atoms with van der Waals surface area (Å²) in [5.41, 5.74) is 1.74. The molecular weight excluding hydrogens is 266 g/mol. The third-order valence-corrected chi connectivity index (χ3v) is 5.33. The fourth-order valence-electron chi connectivity index (χ4n) is 2.32. The SMILES string of the molecule is Cc1ccc(S(=O)(=O)N2CC(CC(=O)O)C2)c(C)c1. The van der Waals surface area contributed by atoms with Crippen molar-refractivity contribution < 1.29 is 18.3 Å². The van der Waals surface area contributed by atoms with Crippen LogP contribution in [0.15, 0.2) is 23.1 Å². The normalized spacial score (nSPS) is 17.2. The molecule has 1 aliphatic rings. The number of nitrogens with zero attached hydrogens (tertiary/aromatic N) is 1. The molecule has 0 aromatic heterocycles. The van der Waals surface area contributed by atoms with Gasteiger partial charge in [-0.3, -0.25) is 4.79 Å². The van der Waals surface area contributed by atoms with Gasteiger partial charge in [-0.05, 0) is 31.4 Å². The molecule has 0 unspecified atom stereocenters. The van der Waals surface area contributed by atoms with E-state index >= 15 is 0 Å². The van der Waals surface area contributed by atoms with Gasteiger partial charge in [0.2, 0.25) is 10.0 Å². The molecular formula is C13H17NO4S. The van der Waals surface area contributed by atoms with Gasteiger partial charge in [0.1, 0.15) is 0 Å². The smallest absolute Gasteiger partial charge is 0.303 e. The van der Waals surface area contributed by atoms with Gasteiger partial charge in [0.05, 0.1) is 11.3 Å². The monoisotopic (exact) mass is 283 g/mol. The lowest BCUT2D eigenvalue weighted by Gasteiger charge is -2.37. The Balaban J connectivity index is 2.14. The molecule has 5 nitrogen and oxygen atoms in total. The van der Waals surface area contributed by atoms with Gasteiger partial charge in [-0.1, -0.05) is 17.7 Å². The van der Waals surface area contributed by atoms with Gasteiger partial charge in [0.15, 0.2) is 0 Å². The van der Waals surface area contributed by atoms with Crippen molar-refractivity contribution in [3.8, 4) is 0 Å². The van der Waals surface area contributed by atoms with Crippen LogP contribution in [0.5, 0.6) is 0 Å². The van der Waals surface area contributed by atoms with Gasteiger partial charge in [-0.2, -0.15) is 4.31 Å². The molecule has 19 heavy (non-hydrogen) atoms. The molecule has 104 valence electrons. The summed E-state index contributed by atoms with van der Waals surface area (Å²) in [5.74, 6) is -0.952. The first-order valence-corrected chi connectivity index (χ1v) is 7.54. The number of aryl methyl sites for hydroxylation is 2. The predicted molar refractivity (Wildman–Crippen MR) is 70.4 cm³/mol. The van der Waals surface area contributed by atoms with E-state index in [2.05, 4.69) is 0 Å². The van der Waals surface area contributed by atoms with Crippen LogP contribution in [0.2, 0.25) is 0 Å². The highest BCUT2D eigenvalue weighted by molar-refractivity contribution is 7.89. The number of rotatable bonds is 4. The van der Waals surface area contributed by atoms with E-state index in [0.29, 0.717) is 18.0 Å². The van der Waals surface area contributed by atoms with Crippen molar-refractivity contribution in [2.24, 2.45) is 5.92 Å². The lowest BCUT2D eigenvalue weighted by Crippen LogP contribution is -2.50. The summed E-state index contributed by atoms with van der Waals surface area (Å²) in [6, 6.07) is 5.22. The molecule has 1 saturated heterocycles. The molecule has 0 amide bonds. The average Bonchev–Trinajstić information content (AvgIpc) is 2.21. The summed E-state index contributed by atoms with van der Waals surface area (Å²) in [5, 5.41) is 8.66. The lowest BCUT2D eigenvalue weighted by molar-refractivity contribution is -0.139. The average molecular weight is 283 g/mol. The summed E-state index contributed by atoms with van der Waals surface area (Å²) in [6.45, 7) is 4.27. The second-order valence-electron chi connectivity index (χ2n) is 5.05. The summed E-state index contributed by atoms with van der Waals surface area (Å²) in [7, 11) is -3.48. The number of carboxylic acid groups (broad SMARTS) is 1. The molecule has 0 saturated carbocycles.